The van der Waals surface area contributed by atoms with E-state index in [1.54, 1.807) is 0 Å². The second-order valence-corrected chi connectivity index (χ2v) is 5.89. The molecule has 1 fully saturated rings. The van der Waals surface area contributed by atoms with Crippen molar-refractivity contribution in [3.8, 4) is 0 Å². The van der Waals surface area contributed by atoms with E-state index in [4.69, 9.17) is 0 Å². The zero-order valence-corrected chi connectivity index (χ0v) is 12.3. The number of aromatic nitrogens is 2. The van der Waals surface area contributed by atoms with Crippen LogP contribution in [0.25, 0.3) is 0 Å². The Morgan fingerprint density at radius 2 is 2.00 bits per heavy atom. The zero-order valence-electron chi connectivity index (χ0n) is 11.5. The fourth-order valence-corrected chi connectivity index (χ4v) is 3.31. The van der Waals surface area contributed by atoms with Crippen LogP contribution in [0, 0.1) is 0 Å². The van der Waals surface area contributed by atoms with E-state index < -0.39 is 0 Å². The van der Waals surface area contributed by atoms with Gasteiger partial charge in [-0.25, -0.2) is 0 Å². The van der Waals surface area contributed by atoms with Crippen molar-refractivity contribution in [3.05, 3.63) is 5.69 Å². The van der Waals surface area contributed by atoms with Crippen molar-refractivity contribution in [2.75, 3.05) is 18.9 Å². The lowest BCUT2D eigenvalue weighted by molar-refractivity contribution is 0.211. The molecular formula is C13H24N4S. The summed E-state index contributed by atoms with van der Waals surface area (Å²) in [4.78, 5) is 2.46. The first-order chi connectivity index (χ1) is 8.81. The van der Waals surface area contributed by atoms with E-state index in [1.165, 1.54) is 50.1 Å². The predicted octanol–water partition coefficient (Wildman–Crippen LogP) is 3.12. The maximum atomic E-state index is 4.26. The van der Waals surface area contributed by atoms with E-state index in [2.05, 4.69) is 33.8 Å². The van der Waals surface area contributed by atoms with Crippen molar-refractivity contribution in [1.82, 2.24) is 14.5 Å². The summed E-state index contributed by atoms with van der Waals surface area (Å²) in [6, 6.07) is 0.726. The number of nitrogens with zero attached hydrogens (tertiary/aromatic N) is 3. The van der Waals surface area contributed by atoms with Crippen LogP contribution >= 0.6 is 11.5 Å². The highest BCUT2D eigenvalue weighted by Crippen LogP contribution is 2.24. The van der Waals surface area contributed by atoms with Crippen molar-refractivity contribution in [2.45, 2.75) is 58.0 Å². The third-order valence-corrected chi connectivity index (χ3v) is 4.47. The summed E-state index contributed by atoms with van der Waals surface area (Å²) in [7, 11) is 2.23. The molecule has 0 atom stereocenters. The molecule has 0 amide bonds. The molecular weight excluding hydrogens is 244 g/mol. The first-order valence-corrected chi connectivity index (χ1v) is 7.84. The van der Waals surface area contributed by atoms with E-state index in [9.17, 15) is 0 Å². The number of anilines is 1. The topological polar surface area (TPSA) is 41.1 Å². The third kappa shape index (κ3) is 3.65. The largest absolute Gasteiger partial charge is 0.374 e. The summed E-state index contributed by atoms with van der Waals surface area (Å²) in [5.41, 5.74) is 1.11. The van der Waals surface area contributed by atoms with E-state index in [0.717, 1.165) is 29.8 Å². The van der Waals surface area contributed by atoms with Gasteiger partial charge < -0.3 is 5.32 Å². The molecule has 1 aromatic heterocycles. The molecule has 0 aromatic carbocycles. The van der Waals surface area contributed by atoms with Crippen LogP contribution in [0.5, 0.6) is 0 Å². The zero-order chi connectivity index (χ0) is 12.8. The fourth-order valence-electron chi connectivity index (χ4n) is 2.67. The molecule has 2 rings (SSSR count). The lowest BCUT2D eigenvalue weighted by Gasteiger charge is -2.26. The van der Waals surface area contributed by atoms with Gasteiger partial charge in [-0.05, 0) is 26.8 Å². The van der Waals surface area contributed by atoms with E-state index in [-0.39, 0.29) is 0 Å². The minimum Gasteiger partial charge on any atom is -0.374 e. The van der Waals surface area contributed by atoms with Gasteiger partial charge in [-0.15, -0.1) is 5.10 Å². The quantitative estimate of drug-likeness (QED) is 0.833. The number of hydrogen-bond acceptors (Lipinski definition) is 5. The van der Waals surface area contributed by atoms with Crippen molar-refractivity contribution in [3.63, 3.8) is 0 Å². The molecule has 1 heterocycles. The van der Waals surface area contributed by atoms with Crippen LogP contribution in [0.15, 0.2) is 0 Å². The van der Waals surface area contributed by atoms with Gasteiger partial charge >= 0.3 is 0 Å². The van der Waals surface area contributed by atoms with Crippen LogP contribution < -0.4 is 5.32 Å². The minimum absolute atomic E-state index is 0.726. The van der Waals surface area contributed by atoms with Gasteiger partial charge in [0.15, 0.2) is 0 Å². The normalized spacial score (nSPS) is 17.9. The minimum atomic E-state index is 0.726. The van der Waals surface area contributed by atoms with Gasteiger partial charge in [0.1, 0.15) is 10.7 Å². The van der Waals surface area contributed by atoms with Gasteiger partial charge in [-0.3, -0.25) is 4.90 Å². The van der Waals surface area contributed by atoms with E-state index in [1.807, 2.05) is 0 Å². The molecule has 1 saturated carbocycles. The van der Waals surface area contributed by atoms with Gasteiger partial charge in [-0.2, -0.15) is 0 Å². The molecule has 102 valence electrons. The maximum absolute atomic E-state index is 4.26. The average Bonchev–Trinajstić information content (AvgIpc) is 2.66. The SMILES string of the molecule is CCNc1snnc1CN(C)C1CCCCCC1. The van der Waals surface area contributed by atoms with Crippen molar-refractivity contribution in [1.29, 1.82) is 0 Å². The highest BCUT2D eigenvalue weighted by Gasteiger charge is 2.19. The summed E-state index contributed by atoms with van der Waals surface area (Å²) in [6.07, 6.45) is 8.25. The van der Waals surface area contributed by atoms with Crippen molar-refractivity contribution < 1.29 is 0 Å². The molecule has 1 N–H and O–H groups in total. The lowest BCUT2D eigenvalue weighted by Crippen LogP contribution is -2.31. The lowest BCUT2D eigenvalue weighted by atomic mass is 10.1. The van der Waals surface area contributed by atoms with Crippen LogP contribution in [-0.4, -0.2) is 34.1 Å². The molecule has 18 heavy (non-hydrogen) atoms. The molecule has 0 bridgehead atoms. The molecule has 0 unspecified atom stereocenters. The highest BCUT2D eigenvalue weighted by molar-refractivity contribution is 7.10. The van der Waals surface area contributed by atoms with Crippen molar-refractivity contribution >= 4 is 16.5 Å². The van der Waals surface area contributed by atoms with Crippen LogP contribution in [0.3, 0.4) is 0 Å². The monoisotopic (exact) mass is 268 g/mol. The Hall–Kier alpha value is -0.680. The molecule has 1 aliphatic carbocycles. The fraction of sp³-hybridized carbons (Fsp3) is 0.846. The Bertz CT molecular complexity index is 345. The second-order valence-electron chi connectivity index (χ2n) is 5.14. The van der Waals surface area contributed by atoms with Gasteiger partial charge in [-0.1, -0.05) is 30.2 Å². The Kier molecular flexibility index (Phi) is 5.38. The average molecular weight is 268 g/mol. The van der Waals surface area contributed by atoms with Crippen LogP contribution in [0.1, 0.15) is 51.1 Å². The molecule has 0 radical (unpaired) electrons. The smallest absolute Gasteiger partial charge is 0.134 e. The highest BCUT2D eigenvalue weighted by atomic mass is 32.1. The van der Waals surface area contributed by atoms with Crippen LogP contribution in [-0.2, 0) is 6.54 Å². The summed E-state index contributed by atoms with van der Waals surface area (Å²) in [5.74, 6) is 0. The molecule has 1 aromatic rings. The number of rotatable bonds is 5. The Morgan fingerprint density at radius 1 is 1.28 bits per heavy atom. The summed E-state index contributed by atoms with van der Waals surface area (Å²) in [6.45, 7) is 3.96. The molecule has 0 aliphatic heterocycles. The van der Waals surface area contributed by atoms with Gasteiger partial charge in [0, 0.05) is 30.7 Å². The van der Waals surface area contributed by atoms with Crippen LogP contribution in [0.2, 0.25) is 0 Å². The molecule has 4 nitrogen and oxygen atoms in total. The summed E-state index contributed by atoms with van der Waals surface area (Å²) >= 11 is 1.47. The number of nitrogens with one attached hydrogen (secondary N) is 1. The maximum Gasteiger partial charge on any atom is 0.134 e. The molecule has 5 heteroatoms. The number of hydrogen-bond donors (Lipinski definition) is 1. The van der Waals surface area contributed by atoms with E-state index in [0.29, 0.717) is 0 Å². The Balaban J connectivity index is 1.92. The standard InChI is InChI=1S/C13H24N4S/c1-3-14-13-12(15-16-18-13)10-17(2)11-8-6-4-5-7-9-11/h11,14H,3-10H2,1-2H3. The van der Waals surface area contributed by atoms with Crippen molar-refractivity contribution in [2.24, 2.45) is 0 Å². The molecule has 1 aliphatic rings. The molecule has 0 saturated heterocycles. The Labute approximate surface area is 114 Å². The van der Waals surface area contributed by atoms with Gasteiger partial charge in [0.05, 0.1) is 0 Å². The van der Waals surface area contributed by atoms with Gasteiger partial charge in [0.25, 0.3) is 0 Å². The second kappa shape index (κ2) is 7.04. The van der Waals surface area contributed by atoms with Crippen LogP contribution in [0.4, 0.5) is 5.00 Å². The summed E-state index contributed by atoms with van der Waals surface area (Å²) in [5, 5.41) is 8.74. The summed E-state index contributed by atoms with van der Waals surface area (Å²) < 4.78 is 4.06. The van der Waals surface area contributed by atoms with Gasteiger partial charge in [0.2, 0.25) is 0 Å². The van der Waals surface area contributed by atoms with E-state index >= 15 is 0 Å². The first kappa shape index (κ1) is 13.7. The Morgan fingerprint density at radius 3 is 2.67 bits per heavy atom. The molecule has 0 spiro atoms. The predicted molar refractivity (Wildman–Crippen MR) is 77.0 cm³/mol. The first-order valence-electron chi connectivity index (χ1n) is 7.06. The third-order valence-electron chi connectivity index (χ3n) is 3.74.